The predicted molar refractivity (Wildman–Crippen MR) is 224 cm³/mol. The Morgan fingerprint density at radius 2 is 0.691 bits per heavy atom. The Balaban J connectivity index is 5.22. The summed E-state index contributed by atoms with van der Waals surface area (Å²) in [5, 5.41) is 31.3. The Morgan fingerprint density at radius 1 is 0.364 bits per heavy atom. The van der Waals surface area contributed by atoms with Crippen LogP contribution in [0, 0.1) is 0 Å². The molecule has 0 rings (SSSR count). The second-order valence-electron chi connectivity index (χ2n) is 15.0. The van der Waals surface area contributed by atoms with Gasteiger partial charge in [-0.05, 0) is 133 Å². The molecule has 0 heterocycles. The molecule has 55 heavy (non-hydrogen) atoms. The minimum absolute atomic E-state index is 0.0143. The van der Waals surface area contributed by atoms with Crippen molar-refractivity contribution in [2.24, 2.45) is 0 Å². The minimum Gasteiger partial charge on any atom is -0.356 e. The Kier molecular flexibility index (Phi) is 34.0. The van der Waals surface area contributed by atoms with Crippen LogP contribution in [0.3, 0.4) is 0 Å². The fourth-order valence-electron chi connectivity index (χ4n) is 6.66. The van der Waals surface area contributed by atoms with E-state index < -0.39 is 6.04 Å². The summed E-state index contributed by atoms with van der Waals surface area (Å²) in [6, 6.07) is -0.604. The van der Waals surface area contributed by atoms with Gasteiger partial charge >= 0.3 is 0 Å². The Labute approximate surface area is 333 Å². The standard InChI is InChI=1S/C40H82N10O5/c1-31(51)26-35(19-11-15-24-47-37(52)27-32(44-5)16-8-12-21-41-2)49-40(55)30-36(50-39(54)29-34(46-7)18-10-14-23-43-4)20-25-48-38(53)28-33(45-6)17-9-13-22-42-3/h32-36,41-46H,8-30H2,1-7H3,(H,47,52)(H,48,53)(H,49,55)(H,50,54). The first-order valence-electron chi connectivity index (χ1n) is 21.1. The molecule has 5 atom stereocenters. The SMILES string of the molecule is CNCCCCC(CC(=O)NCCCCC(CC(C)=O)NC(=O)CC(CCNC(=O)CC(CCCCNC)NC)NC(=O)CC(CCCCNC)NC)NC. The molecule has 0 saturated carbocycles. The summed E-state index contributed by atoms with van der Waals surface area (Å²) in [7, 11) is 11.4. The molecule has 15 heteroatoms. The van der Waals surface area contributed by atoms with Crippen LogP contribution in [-0.4, -0.2) is 135 Å². The zero-order chi connectivity index (χ0) is 41.1. The van der Waals surface area contributed by atoms with E-state index in [1.165, 1.54) is 6.92 Å². The van der Waals surface area contributed by atoms with Crippen molar-refractivity contribution in [1.29, 1.82) is 0 Å². The van der Waals surface area contributed by atoms with Crippen molar-refractivity contribution < 1.29 is 24.0 Å². The number of hydrogen-bond donors (Lipinski definition) is 10. The van der Waals surface area contributed by atoms with E-state index in [4.69, 9.17) is 0 Å². The topological polar surface area (TPSA) is 206 Å². The third-order valence-electron chi connectivity index (χ3n) is 10.0. The Hall–Kier alpha value is -2.69. The van der Waals surface area contributed by atoms with Crippen LogP contribution in [0.2, 0.25) is 0 Å². The van der Waals surface area contributed by atoms with E-state index in [0.717, 1.165) is 90.3 Å². The number of nitrogens with one attached hydrogen (secondary N) is 10. The lowest BCUT2D eigenvalue weighted by atomic mass is 10.0. The van der Waals surface area contributed by atoms with Gasteiger partial charge in [0.15, 0.2) is 0 Å². The number of hydrogen-bond acceptors (Lipinski definition) is 11. The molecule has 5 unspecified atom stereocenters. The number of rotatable bonds is 38. The zero-order valence-electron chi connectivity index (χ0n) is 35.7. The van der Waals surface area contributed by atoms with E-state index in [2.05, 4.69) is 53.2 Å². The maximum atomic E-state index is 13.4. The van der Waals surface area contributed by atoms with Crippen molar-refractivity contribution >= 4 is 29.4 Å². The molecule has 0 aliphatic carbocycles. The average Bonchev–Trinajstić information content (AvgIpc) is 3.14. The summed E-state index contributed by atoms with van der Waals surface area (Å²) in [6.07, 6.45) is 12.7. The van der Waals surface area contributed by atoms with Crippen LogP contribution < -0.4 is 53.2 Å². The van der Waals surface area contributed by atoms with Crippen molar-refractivity contribution in [2.75, 3.05) is 75.0 Å². The van der Waals surface area contributed by atoms with Crippen LogP contribution in [0.5, 0.6) is 0 Å². The van der Waals surface area contributed by atoms with Crippen molar-refractivity contribution in [3.8, 4) is 0 Å². The molecule has 0 aliphatic heterocycles. The number of carbonyl (C=O) groups is 5. The molecule has 0 saturated heterocycles. The van der Waals surface area contributed by atoms with Crippen molar-refractivity contribution in [3.05, 3.63) is 0 Å². The minimum atomic E-state index is -0.492. The van der Waals surface area contributed by atoms with E-state index in [-0.39, 0.29) is 72.8 Å². The lowest BCUT2D eigenvalue weighted by molar-refractivity contribution is -0.124. The maximum Gasteiger partial charge on any atom is 0.222 e. The average molecular weight is 783 g/mol. The molecule has 10 N–H and O–H groups in total. The second kappa shape index (κ2) is 35.7. The van der Waals surface area contributed by atoms with Crippen LogP contribution in [0.25, 0.3) is 0 Å². The summed E-state index contributed by atoms with van der Waals surface area (Å²) in [5.74, 6) is -0.473. The van der Waals surface area contributed by atoms with Gasteiger partial charge in [0.2, 0.25) is 23.6 Å². The lowest BCUT2D eigenvalue weighted by Gasteiger charge is -2.23. The van der Waals surface area contributed by atoms with E-state index in [9.17, 15) is 24.0 Å². The molecule has 0 bridgehead atoms. The normalized spacial score (nSPS) is 14.0. The molecule has 4 amide bonds. The van der Waals surface area contributed by atoms with E-state index in [0.29, 0.717) is 38.8 Å². The van der Waals surface area contributed by atoms with Crippen LogP contribution in [0.1, 0.15) is 122 Å². The van der Waals surface area contributed by atoms with Crippen molar-refractivity contribution in [2.45, 2.75) is 153 Å². The van der Waals surface area contributed by atoms with Crippen LogP contribution in [0.4, 0.5) is 0 Å². The van der Waals surface area contributed by atoms with Gasteiger partial charge in [0, 0.05) is 75.4 Å². The predicted octanol–water partition coefficient (Wildman–Crippen LogP) is 1.22. The van der Waals surface area contributed by atoms with E-state index in [1.807, 2.05) is 42.3 Å². The first-order valence-corrected chi connectivity index (χ1v) is 21.1. The van der Waals surface area contributed by atoms with Crippen molar-refractivity contribution in [1.82, 2.24) is 53.2 Å². The number of ketones is 1. The van der Waals surface area contributed by atoms with Gasteiger partial charge in [-0.1, -0.05) is 19.3 Å². The molecule has 0 aromatic rings. The van der Waals surface area contributed by atoms with Gasteiger partial charge in [-0.2, -0.15) is 0 Å². The molecule has 322 valence electrons. The monoisotopic (exact) mass is 783 g/mol. The first kappa shape index (κ1) is 52.3. The highest BCUT2D eigenvalue weighted by molar-refractivity contribution is 5.81. The number of carbonyl (C=O) groups excluding carboxylic acids is 5. The largest absolute Gasteiger partial charge is 0.356 e. The molecule has 15 nitrogen and oxygen atoms in total. The molecule has 0 fully saturated rings. The molecular weight excluding hydrogens is 701 g/mol. The first-order chi connectivity index (χ1) is 26.5. The molecule has 0 spiro atoms. The highest BCUT2D eigenvalue weighted by Crippen LogP contribution is 2.10. The highest BCUT2D eigenvalue weighted by Gasteiger charge is 2.22. The summed E-state index contributed by atoms with van der Waals surface area (Å²) >= 11 is 0. The molecule has 0 aliphatic rings. The van der Waals surface area contributed by atoms with Crippen LogP contribution in [0.15, 0.2) is 0 Å². The van der Waals surface area contributed by atoms with Gasteiger partial charge < -0.3 is 53.2 Å². The molecule has 0 radical (unpaired) electrons. The Morgan fingerprint density at radius 3 is 1.07 bits per heavy atom. The fourth-order valence-corrected chi connectivity index (χ4v) is 6.66. The lowest BCUT2D eigenvalue weighted by Crippen LogP contribution is -2.45. The molecule has 0 aromatic carbocycles. The zero-order valence-corrected chi connectivity index (χ0v) is 35.7. The quantitative estimate of drug-likeness (QED) is 0.0404. The smallest absolute Gasteiger partial charge is 0.222 e. The summed E-state index contributed by atoms with van der Waals surface area (Å²) in [4.78, 5) is 64.1. The summed E-state index contributed by atoms with van der Waals surface area (Å²) < 4.78 is 0. The van der Waals surface area contributed by atoms with Gasteiger partial charge in [0.25, 0.3) is 0 Å². The molecule has 0 aromatic heterocycles. The third kappa shape index (κ3) is 31.1. The van der Waals surface area contributed by atoms with E-state index in [1.54, 1.807) is 0 Å². The van der Waals surface area contributed by atoms with Crippen LogP contribution in [-0.2, 0) is 24.0 Å². The van der Waals surface area contributed by atoms with E-state index >= 15 is 0 Å². The third-order valence-corrected chi connectivity index (χ3v) is 10.0. The van der Waals surface area contributed by atoms with Gasteiger partial charge in [0.1, 0.15) is 5.78 Å². The van der Waals surface area contributed by atoms with Crippen LogP contribution >= 0.6 is 0 Å². The number of amides is 4. The van der Waals surface area contributed by atoms with Gasteiger partial charge in [0.05, 0.1) is 0 Å². The highest BCUT2D eigenvalue weighted by atomic mass is 16.2. The van der Waals surface area contributed by atoms with Gasteiger partial charge in [-0.15, -0.1) is 0 Å². The maximum absolute atomic E-state index is 13.4. The summed E-state index contributed by atoms with van der Waals surface area (Å²) in [5.41, 5.74) is 0. The molecular formula is C40H82N10O5. The second-order valence-corrected chi connectivity index (χ2v) is 15.0. The fraction of sp³-hybridized carbons (Fsp3) is 0.875. The number of Topliss-reactive ketones (excluding diaryl/α,β-unsaturated/α-hetero) is 1. The number of unbranched alkanes of at least 4 members (excludes halogenated alkanes) is 4. The summed E-state index contributed by atoms with van der Waals surface area (Å²) in [6.45, 7) is 5.20. The van der Waals surface area contributed by atoms with Gasteiger partial charge in [-0.3, -0.25) is 24.0 Å². The van der Waals surface area contributed by atoms with Crippen molar-refractivity contribution in [3.63, 3.8) is 0 Å². The Bertz CT molecular complexity index is 1020. The van der Waals surface area contributed by atoms with Gasteiger partial charge in [-0.25, -0.2) is 0 Å².